The molecular formula is C15H19NO4. The molecule has 2 aliphatic heterocycles. The molecular weight excluding hydrogens is 258 g/mol. The summed E-state index contributed by atoms with van der Waals surface area (Å²) in [4.78, 5) is 12.3. The Morgan fingerprint density at radius 2 is 2.10 bits per heavy atom. The SMILES string of the molecule is O=C(NCC1CCCO1)c1cccc2c1OCCCO2. The van der Waals surface area contributed by atoms with E-state index >= 15 is 0 Å². The Labute approximate surface area is 118 Å². The van der Waals surface area contributed by atoms with E-state index in [0.717, 1.165) is 25.9 Å². The van der Waals surface area contributed by atoms with E-state index in [1.165, 1.54) is 0 Å². The number of carbonyl (C=O) groups is 1. The maximum atomic E-state index is 12.3. The van der Waals surface area contributed by atoms with Gasteiger partial charge in [0, 0.05) is 19.6 Å². The van der Waals surface area contributed by atoms with E-state index in [-0.39, 0.29) is 12.0 Å². The van der Waals surface area contributed by atoms with Crippen molar-refractivity contribution in [1.82, 2.24) is 5.32 Å². The van der Waals surface area contributed by atoms with Gasteiger partial charge in [-0.05, 0) is 25.0 Å². The quantitative estimate of drug-likeness (QED) is 0.914. The first kappa shape index (κ1) is 13.2. The van der Waals surface area contributed by atoms with Crippen LogP contribution >= 0.6 is 0 Å². The van der Waals surface area contributed by atoms with Crippen molar-refractivity contribution in [2.75, 3.05) is 26.4 Å². The number of benzene rings is 1. The molecule has 2 aliphatic rings. The average Bonchev–Trinajstić information content (AvgIpc) is 2.87. The Hall–Kier alpha value is -1.75. The molecule has 1 saturated heterocycles. The summed E-state index contributed by atoms with van der Waals surface area (Å²) in [7, 11) is 0. The number of nitrogens with one attached hydrogen (secondary N) is 1. The van der Waals surface area contributed by atoms with E-state index in [2.05, 4.69) is 5.32 Å². The molecule has 0 aliphatic carbocycles. The second-order valence-electron chi connectivity index (χ2n) is 5.03. The highest BCUT2D eigenvalue weighted by Crippen LogP contribution is 2.33. The first-order chi connectivity index (χ1) is 9.84. The molecule has 0 aromatic heterocycles. The van der Waals surface area contributed by atoms with Gasteiger partial charge in [0.15, 0.2) is 11.5 Å². The molecule has 1 aromatic rings. The van der Waals surface area contributed by atoms with Crippen LogP contribution in [0.1, 0.15) is 29.6 Å². The third-order valence-corrected chi connectivity index (χ3v) is 3.53. The van der Waals surface area contributed by atoms with Crippen LogP contribution in [0.2, 0.25) is 0 Å². The number of ether oxygens (including phenoxy) is 3. The predicted molar refractivity (Wildman–Crippen MR) is 73.4 cm³/mol. The third-order valence-electron chi connectivity index (χ3n) is 3.53. The first-order valence-electron chi connectivity index (χ1n) is 7.13. The number of fused-ring (bicyclic) bond motifs is 1. The van der Waals surface area contributed by atoms with E-state index in [4.69, 9.17) is 14.2 Å². The van der Waals surface area contributed by atoms with Crippen LogP contribution in [0.3, 0.4) is 0 Å². The molecule has 1 N–H and O–H groups in total. The zero-order valence-electron chi connectivity index (χ0n) is 11.4. The molecule has 0 bridgehead atoms. The fourth-order valence-corrected chi connectivity index (χ4v) is 2.48. The Bertz CT molecular complexity index is 483. The lowest BCUT2D eigenvalue weighted by Crippen LogP contribution is -2.32. The number of rotatable bonds is 3. The largest absolute Gasteiger partial charge is 0.490 e. The molecule has 2 heterocycles. The summed E-state index contributed by atoms with van der Waals surface area (Å²) in [6.45, 7) is 2.53. The van der Waals surface area contributed by atoms with E-state index < -0.39 is 0 Å². The molecule has 1 atom stereocenters. The van der Waals surface area contributed by atoms with Gasteiger partial charge in [0.1, 0.15) is 0 Å². The summed E-state index contributed by atoms with van der Waals surface area (Å²) in [5.41, 5.74) is 0.530. The average molecular weight is 277 g/mol. The van der Waals surface area contributed by atoms with Crippen LogP contribution in [0.4, 0.5) is 0 Å². The van der Waals surface area contributed by atoms with Gasteiger partial charge in [0.2, 0.25) is 0 Å². The standard InChI is InChI=1S/C15H19NO4/c17-15(16-10-11-4-2-7-18-11)12-5-1-6-13-14(12)20-9-3-8-19-13/h1,5-6,11H,2-4,7-10H2,(H,16,17). The Balaban J connectivity index is 1.70. The van der Waals surface area contributed by atoms with E-state index in [9.17, 15) is 4.79 Å². The van der Waals surface area contributed by atoms with Gasteiger partial charge < -0.3 is 19.5 Å². The fraction of sp³-hybridized carbons (Fsp3) is 0.533. The van der Waals surface area contributed by atoms with Crippen molar-refractivity contribution in [3.8, 4) is 11.5 Å². The van der Waals surface area contributed by atoms with Crippen LogP contribution in [0, 0.1) is 0 Å². The summed E-state index contributed by atoms with van der Waals surface area (Å²) in [5.74, 6) is 1.06. The van der Waals surface area contributed by atoms with Gasteiger partial charge in [-0.3, -0.25) is 4.79 Å². The normalized spacial score (nSPS) is 21.3. The topological polar surface area (TPSA) is 56.8 Å². The lowest BCUT2D eigenvalue weighted by atomic mass is 10.1. The minimum absolute atomic E-state index is 0.136. The van der Waals surface area contributed by atoms with Crippen molar-refractivity contribution in [2.45, 2.75) is 25.4 Å². The second-order valence-corrected chi connectivity index (χ2v) is 5.03. The maximum absolute atomic E-state index is 12.3. The van der Waals surface area contributed by atoms with Crippen molar-refractivity contribution in [3.05, 3.63) is 23.8 Å². The number of hydrogen-bond acceptors (Lipinski definition) is 4. The Kier molecular flexibility index (Phi) is 4.06. The van der Waals surface area contributed by atoms with Gasteiger partial charge in [0.25, 0.3) is 5.91 Å². The molecule has 0 spiro atoms. The molecule has 1 amide bonds. The fourth-order valence-electron chi connectivity index (χ4n) is 2.48. The Morgan fingerprint density at radius 3 is 2.95 bits per heavy atom. The predicted octanol–water partition coefficient (Wildman–Crippen LogP) is 1.76. The molecule has 20 heavy (non-hydrogen) atoms. The van der Waals surface area contributed by atoms with Gasteiger partial charge in [0.05, 0.1) is 24.9 Å². The smallest absolute Gasteiger partial charge is 0.255 e. The van der Waals surface area contributed by atoms with Gasteiger partial charge in [-0.2, -0.15) is 0 Å². The van der Waals surface area contributed by atoms with Crippen LogP contribution in [0.15, 0.2) is 18.2 Å². The zero-order valence-corrected chi connectivity index (χ0v) is 11.4. The number of carbonyl (C=O) groups excluding carboxylic acids is 1. The van der Waals surface area contributed by atoms with Crippen LogP contribution in [-0.4, -0.2) is 38.4 Å². The maximum Gasteiger partial charge on any atom is 0.255 e. The summed E-state index contributed by atoms with van der Waals surface area (Å²) in [5, 5.41) is 2.91. The minimum atomic E-state index is -0.136. The van der Waals surface area contributed by atoms with Gasteiger partial charge in [-0.1, -0.05) is 6.07 Å². The van der Waals surface area contributed by atoms with Crippen LogP contribution in [-0.2, 0) is 4.74 Å². The molecule has 3 rings (SSSR count). The molecule has 108 valence electrons. The highest BCUT2D eigenvalue weighted by atomic mass is 16.5. The van der Waals surface area contributed by atoms with Gasteiger partial charge in [-0.15, -0.1) is 0 Å². The van der Waals surface area contributed by atoms with Gasteiger partial charge in [-0.25, -0.2) is 0 Å². The monoisotopic (exact) mass is 277 g/mol. The van der Waals surface area contributed by atoms with Crippen molar-refractivity contribution in [3.63, 3.8) is 0 Å². The molecule has 5 heteroatoms. The first-order valence-corrected chi connectivity index (χ1v) is 7.13. The molecule has 1 unspecified atom stereocenters. The molecule has 5 nitrogen and oxygen atoms in total. The van der Waals surface area contributed by atoms with Gasteiger partial charge >= 0.3 is 0 Å². The number of hydrogen-bond donors (Lipinski definition) is 1. The lowest BCUT2D eigenvalue weighted by molar-refractivity contribution is 0.0854. The second kappa shape index (κ2) is 6.13. The van der Waals surface area contributed by atoms with Crippen LogP contribution in [0.5, 0.6) is 11.5 Å². The molecule has 1 fully saturated rings. The van der Waals surface area contributed by atoms with Crippen LogP contribution < -0.4 is 14.8 Å². The molecule has 0 radical (unpaired) electrons. The number of amides is 1. The molecule has 0 saturated carbocycles. The summed E-state index contributed by atoms with van der Waals surface area (Å²) in [6.07, 6.45) is 3.04. The number of para-hydroxylation sites is 1. The highest BCUT2D eigenvalue weighted by molar-refractivity contribution is 5.97. The van der Waals surface area contributed by atoms with Crippen molar-refractivity contribution in [2.24, 2.45) is 0 Å². The van der Waals surface area contributed by atoms with Crippen LogP contribution in [0.25, 0.3) is 0 Å². The third kappa shape index (κ3) is 2.88. The van der Waals surface area contributed by atoms with Crippen molar-refractivity contribution < 1.29 is 19.0 Å². The van der Waals surface area contributed by atoms with E-state index in [0.29, 0.717) is 36.8 Å². The highest BCUT2D eigenvalue weighted by Gasteiger charge is 2.21. The van der Waals surface area contributed by atoms with Crippen molar-refractivity contribution in [1.29, 1.82) is 0 Å². The van der Waals surface area contributed by atoms with E-state index in [1.54, 1.807) is 6.07 Å². The molecule has 1 aromatic carbocycles. The summed E-state index contributed by atoms with van der Waals surface area (Å²) < 4.78 is 16.7. The summed E-state index contributed by atoms with van der Waals surface area (Å²) >= 11 is 0. The Morgan fingerprint density at radius 1 is 1.20 bits per heavy atom. The summed E-state index contributed by atoms with van der Waals surface area (Å²) in [6, 6.07) is 5.41. The zero-order chi connectivity index (χ0) is 13.8. The van der Waals surface area contributed by atoms with E-state index in [1.807, 2.05) is 12.1 Å². The van der Waals surface area contributed by atoms with Crippen molar-refractivity contribution >= 4 is 5.91 Å². The minimum Gasteiger partial charge on any atom is -0.490 e. The lowest BCUT2D eigenvalue weighted by Gasteiger charge is -2.14.